The second-order valence-corrected chi connectivity index (χ2v) is 7.78. The van der Waals surface area contributed by atoms with E-state index in [0.29, 0.717) is 29.6 Å². The summed E-state index contributed by atoms with van der Waals surface area (Å²) in [5.74, 6) is 0.235. The number of rotatable bonds is 8. The molecule has 0 aliphatic carbocycles. The van der Waals surface area contributed by atoms with Crippen molar-refractivity contribution in [2.75, 3.05) is 19.8 Å². The van der Waals surface area contributed by atoms with E-state index in [0.717, 1.165) is 8.45 Å². The van der Waals surface area contributed by atoms with Crippen LogP contribution in [0.5, 0.6) is 11.5 Å². The molecule has 0 saturated carbocycles. The third kappa shape index (κ3) is 5.36. The van der Waals surface area contributed by atoms with Gasteiger partial charge in [0.05, 0.1) is 21.7 Å². The Morgan fingerprint density at radius 1 is 1.28 bits per heavy atom. The van der Waals surface area contributed by atoms with E-state index < -0.39 is 11.9 Å². The van der Waals surface area contributed by atoms with Gasteiger partial charge in [-0.1, -0.05) is 6.07 Å². The van der Waals surface area contributed by atoms with Crippen LogP contribution in [0.4, 0.5) is 0 Å². The summed E-state index contributed by atoms with van der Waals surface area (Å²) in [5, 5.41) is 1.89. The number of esters is 2. The van der Waals surface area contributed by atoms with Gasteiger partial charge in [0, 0.05) is 0 Å². The number of carbonyl (C=O) groups excluding carboxylic acids is 2. The second-order valence-electron chi connectivity index (χ2n) is 5.67. The smallest absolute Gasteiger partial charge is 0.363 e. The van der Waals surface area contributed by atoms with Crippen molar-refractivity contribution in [2.45, 2.75) is 13.8 Å². The number of hydrogen-bond donors (Lipinski definition) is 0. The first-order chi connectivity index (χ1) is 14.0. The Balaban J connectivity index is 1.87. The zero-order valence-electron chi connectivity index (χ0n) is 15.8. The van der Waals surface area contributed by atoms with Gasteiger partial charge in [0.2, 0.25) is 5.90 Å². The van der Waals surface area contributed by atoms with Crippen molar-refractivity contribution >= 4 is 57.8 Å². The number of benzene rings is 1. The Hall–Kier alpha value is -2.40. The summed E-state index contributed by atoms with van der Waals surface area (Å²) in [5.41, 5.74) is 0.899. The molecule has 0 saturated heterocycles. The molecule has 1 aliphatic rings. The zero-order valence-corrected chi connectivity index (χ0v) is 18.7. The van der Waals surface area contributed by atoms with E-state index in [4.69, 9.17) is 18.9 Å². The molecule has 1 aromatic heterocycles. The molecule has 0 bridgehead atoms. The van der Waals surface area contributed by atoms with Crippen LogP contribution < -0.4 is 9.47 Å². The lowest BCUT2D eigenvalue weighted by Crippen LogP contribution is -2.15. The Morgan fingerprint density at radius 2 is 2.10 bits per heavy atom. The highest BCUT2D eigenvalue weighted by Crippen LogP contribution is 2.35. The second kappa shape index (κ2) is 9.88. The first-order valence-electron chi connectivity index (χ1n) is 8.83. The van der Waals surface area contributed by atoms with Gasteiger partial charge < -0.3 is 18.9 Å². The summed E-state index contributed by atoms with van der Waals surface area (Å²) < 4.78 is 22.1. The van der Waals surface area contributed by atoms with Crippen LogP contribution in [0.25, 0.3) is 6.08 Å². The molecule has 7 nitrogen and oxygen atoms in total. The van der Waals surface area contributed by atoms with E-state index >= 15 is 0 Å². The van der Waals surface area contributed by atoms with E-state index in [1.807, 2.05) is 30.5 Å². The molecule has 2 heterocycles. The third-order valence-corrected chi connectivity index (χ3v) is 5.29. The fourth-order valence-corrected chi connectivity index (χ4v) is 3.91. The number of aliphatic imine (C=N–C) groups is 1. The topological polar surface area (TPSA) is 83.4 Å². The standard InChI is InChI=1S/C20H18INO6S/c1-3-25-15-10-12(8-13(21)18(15)27-11-17(23)26-4-2)9-14-20(24)28-19(22-14)16-6-5-7-29-16/h5-10H,3-4,11H2,1-2H3/b14-9-. The lowest BCUT2D eigenvalue weighted by Gasteiger charge is -2.14. The maximum atomic E-state index is 12.2. The summed E-state index contributed by atoms with van der Waals surface area (Å²) in [6.45, 7) is 4.06. The van der Waals surface area contributed by atoms with Gasteiger partial charge in [0.1, 0.15) is 0 Å². The van der Waals surface area contributed by atoms with Crippen molar-refractivity contribution in [1.82, 2.24) is 0 Å². The molecule has 152 valence electrons. The predicted molar refractivity (Wildman–Crippen MR) is 117 cm³/mol. The van der Waals surface area contributed by atoms with Crippen molar-refractivity contribution in [3.63, 3.8) is 0 Å². The van der Waals surface area contributed by atoms with E-state index in [-0.39, 0.29) is 18.9 Å². The molecule has 0 fully saturated rings. The quantitative estimate of drug-likeness (QED) is 0.293. The van der Waals surface area contributed by atoms with Gasteiger partial charge in [-0.25, -0.2) is 14.6 Å². The summed E-state index contributed by atoms with van der Waals surface area (Å²) in [4.78, 5) is 28.9. The highest BCUT2D eigenvalue weighted by Gasteiger charge is 2.25. The number of halogens is 1. The van der Waals surface area contributed by atoms with Gasteiger partial charge in [0.15, 0.2) is 23.8 Å². The van der Waals surface area contributed by atoms with Gasteiger partial charge in [-0.15, -0.1) is 11.3 Å². The summed E-state index contributed by atoms with van der Waals surface area (Å²) in [7, 11) is 0. The Morgan fingerprint density at radius 3 is 2.79 bits per heavy atom. The molecule has 1 aromatic carbocycles. The van der Waals surface area contributed by atoms with Gasteiger partial charge in [-0.3, -0.25) is 0 Å². The molecule has 1 aliphatic heterocycles. The lowest BCUT2D eigenvalue weighted by molar-refractivity contribution is -0.145. The number of carbonyl (C=O) groups is 2. The Labute approximate surface area is 185 Å². The van der Waals surface area contributed by atoms with Crippen LogP contribution in [0.2, 0.25) is 0 Å². The Kier molecular flexibility index (Phi) is 7.26. The van der Waals surface area contributed by atoms with E-state index in [2.05, 4.69) is 27.6 Å². The molecule has 0 radical (unpaired) electrons. The highest BCUT2D eigenvalue weighted by molar-refractivity contribution is 14.1. The van der Waals surface area contributed by atoms with Crippen molar-refractivity contribution in [1.29, 1.82) is 0 Å². The molecule has 0 N–H and O–H groups in total. The first kappa shape index (κ1) is 21.3. The minimum absolute atomic E-state index is 0.201. The van der Waals surface area contributed by atoms with Gasteiger partial charge in [-0.05, 0) is 71.7 Å². The number of cyclic esters (lactones) is 1. The van der Waals surface area contributed by atoms with Crippen molar-refractivity contribution < 1.29 is 28.5 Å². The number of nitrogens with zero attached hydrogens (tertiary/aromatic N) is 1. The van der Waals surface area contributed by atoms with Gasteiger partial charge in [0.25, 0.3) is 0 Å². The number of thiophene rings is 1. The van der Waals surface area contributed by atoms with E-state index in [1.165, 1.54) is 11.3 Å². The normalized spacial score (nSPS) is 14.5. The molecule has 2 aromatic rings. The van der Waals surface area contributed by atoms with E-state index in [1.54, 1.807) is 19.1 Å². The predicted octanol–water partition coefficient (Wildman–Crippen LogP) is 4.04. The van der Waals surface area contributed by atoms with Crippen LogP contribution >= 0.6 is 33.9 Å². The molecule has 9 heteroatoms. The van der Waals surface area contributed by atoms with Crippen LogP contribution in [0, 0.1) is 3.57 Å². The molecule has 0 atom stereocenters. The van der Waals surface area contributed by atoms with Crippen LogP contribution in [0.3, 0.4) is 0 Å². The monoisotopic (exact) mass is 527 g/mol. The Bertz CT molecular complexity index is 968. The molecular formula is C20H18INO6S. The summed E-state index contributed by atoms with van der Waals surface area (Å²) in [6, 6.07) is 7.24. The van der Waals surface area contributed by atoms with Gasteiger partial charge in [-0.2, -0.15) is 0 Å². The summed E-state index contributed by atoms with van der Waals surface area (Å²) >= 11 is 3.53. The van der Waals surface area contributed by atoms with Crippen molar-refractivity contribution in [2.24, 2.45) is 4.99 Å². The number of ether oxygens (including phenoxy) is 4. The van der Waals surface area contributed by atoms with E-state index in [9.17, 15) is 9.59 Å². The maximum Gasteiger partial charge on any atom is 0.363 e. The highest BCUT2D eigenvalue weighted by atomic mass is 127. The average molecular weight is 527 g/mol. The lowest BCUT2D eigenvalue weighted by atomic mass is 10.1. The SMILES string of the molecule is CCOC(=O)COc1c(I)cc(/C=C2\N=C(c3cccs3)OC2=O)cc1OCC. The average Bonchev–Trinajstić information content (AvgIpc) is 3.32. The molecule has 0 spiro atoms. The molecule has 29 heavy (non-hydrogen) atoms. The summed E-state index contributed by atoms with van der Waals surface area (Å²) in [6.07, 6.45) is 1.63. The largest absolute Gasteiger partial charge is 0.490 e. The molecular weight excluding hydrogens is 509 g/mol. The minimum Gasteiger partial charge on any atom is -0.490 e. The number of hydrogen-bond acceptors (Lipinski definition) is 8. The molecule has 0 amide bonds. The minimum atomic E-state index is -0.510. The van der Waals surface area contributed by atoms with Crippen LogP contribution in [0.15, 0.2) is 40.3 Å². The first-order valence-corrected chi connectivity index (χ1v) is 10.8. The van der Waals surface area contributed by atoms with Crippen molar-refractivity contribution in [3.05, 3.63) is 49.4 Å². The maximum absolute atomic E-state index is 12.2. The third-order valence-electron chi connectivity index (χ3n) is 3.63. The molecule has 3 rings (SSSR count). The zero-order chi connectivity index (χ0) is 20.8. The fraction of sp³-hybridized carbons (Fsp3) is 0.250. The van der Waals surface area contributed by atoms with Crippen LogP contribution in [-0.4, -0.2) is 37.7 Å². The van der Waals surface area contributed by atoms with Gasteiger partial charge >= 0.3 is 11.9 Å². The molecule has 0 unspecified atom stereocenters. The van der Waals surface area contributed by atoms with Crippen molar-refractivity contribution in [3.8, 4) is 11.5 Å². The van der Waals surface area contributed by atoms with Crippen LogP contribution in [0.1, 0.15) is 24.3 Å². The van der Waals surface area contributed by atoms with Crippen LogP contribution in [-0.2, 0) is 19.1 Å². The fourth-order valence-electron chi connectivity index (χ4n) is 2.48.